The normalized spacial score (nSPS) is 25.6. The number of ether oxygens (including phenoxy) is 2. The Labute approximate surface area is 135 Å². The Balaban J connectivity index is 2.03. The molecule has 0 heterocycles. The molecule has 1 saturated carbocycles. The van der Waals surface area contributed by atoms with Crippen LogP contribution in [0.25, 0.3) is 0 Å². The Bertz CT molecular complexity index is 488. The van der Waals surface area contributed by atoms with E-state index in [1.807, 2.05) is 13.8 Å². The van der Waals surface area contributed by atoms with Crippen molar-refractivity contribution >= 4 is 0 Å². The highest BCUT2D eigenvalue weighted by Gasteiger charge is 2.33. The van der Waals surface area contributed by atoms with E-state index in [1.54, 1.807) is 12.1 Å². The third kappa shape index (κ3) is 5.70. The molecule has 0 saturated heterocycles. The summed E-state index contributed by atoms with van der Waals surface area (Å²) >= 11 is 0. The second kappa shape index (κ2) is 7.53. The summed E-state index contributed by atoms with van der Waals surface area (Å²) in [5.41, 5.74) is 7.20. The van der Waals surface area contributed by atoms with Crippen LogP contribution < -0.4 is 10.5 Å². The van der Waals surface area contributed by atoms with E-state index in [2.05, 4.69) is 4.74 Å². The minimum atomic E-state index is -4.66. The van der Waals surface area contributed by atoms with E-state index in [0.717, 1.165) is 24.8 Å². The van der Waals surface area contributed by atoms with Crippen molar-refractivity contribution in [3.63, 3.8) is 0 Å². The first-order valence-corrected chi connectivity index (χ1v) is 8.00. The summed E-state index contributed by atoms with van der Waals surface area (Å²) in [6, 6.07) is 6.06. The van der Waals surface area contributed by atoms with Gasteiger partial charge in [0, 0.05) is 12.0 Å². The van der Waals surface area contributed by atoms with E-state index in [-0.39, 0.29) is 29.9 Å². The highest BCUT2D eigenvalue weighted by atomic mass is 19.4. The van der Waals surface area contributed by atoms with Gasteiger partial charge in [-0.1, -0.05) is 12.1 Å². The van der Waals surface area contributed by atoms with Crippen molar-refractivity contribution < 1.29 is 22.6 Å². The van der Waals surface area contributed by atoms with Crippen molar-refractivity contribution in [2.24, 2.45) is 11.7 Å². The van der Waals surface area contributed by atoms with Gasteiger partial charge in [-0.3, -0.25) is 0 Å². The van der Waals surface area contributed by atoms with Gasteiger partial charge in [-0.05, 0) is 57.2 Å². The Kier molecular flexibility index (Phi) is 5.92. The van der Waals surface area contributed by atoms with E-state index in [4.69, 9.17) is 10.5 Å². The maximum Gasteiger partial charge on any atom is 0.573 e. The smallest absolute Gasteiger partial charge is 0.406 e. The molecule has 2 rings (SSSR count). The van der Waals surface area contributed by atoms with Gasteiger partial charge in [-0.15, -0.1) is 13.2 Å². The third-order valence-corrected chi connectivity index (χ3v) is 4.13. The lowest BCUT2D eigenvalue weighted by Gasteiger charge is -2.37. The van der Waals surface area contributed by atoms with Crippen LogP contribution in [-0.4, -0.2) is 24.6 Å². The fraction of sp³-hybridized carbons (Fsp3) is 0.647. The molecule has 1 aliphatic carbocycles. The maximum atomic E-state index is 12.2. The molecule has 0 amide bonds. The van der Waals surface area contributed by atoms with Crippen molar-refractivity contribution in [1.82, 2.24) is 0 Å². The number of halogens is 3. The summed E-state index contributed by atoms with van der Waals surface area (Å²) in [4.78, 5) is 0. The minimum Gasteiger partial charge on any atom is -0.406 e. The number of hydrogen-bond acceptors (Lipinski definition) is 3. The average Bonchev–Trinajstić information content (AvgIpc) is 2.42. The fourth-order valence-corrected chi connectivity index (χ4v) is 3.16. The molecule has 1 fully saturated rings. The molecular weight excluding hydrogens is 307 g/mol. The number of alkyl halides is 3. The lowest BCUT2D eigenvalue weighted by Crippen LogP contribution is -2.44. The first-order valence-electron chi connectivity index (χ1n) is 8.00. The Morgan fingerprint density at radius 3 is 2.39 bits per heavy atom. The van der Waals surface area contributed by atoms with Crippen LogP contribution in [-0.2, 0) is 11.2 Å². The van der Waals surface area contributed by atoms with Gasteiger partial charge in [-0.2, -0.15) is 0 Å². The quantitative estimate of drug-likeness (QED) is 0.885. The minimum absolute atomic E-state index is 0.0543. The lowest BCUT2D eigenvalue weighted by atomic mass is 9.79. The summed E-state index contributed by atoms with van der Waals surface area (Å²) in [5, 5.41) is 0. The van der Waals surface area contributed by atoms with Crippen molar-refractivity contribution in [1.29, 1.82) is 0 Å². The molecule has 3 atom stereocenters. The highest BCUT2D eigenvalue weighted by Crippen LogP contribution is 2.31. The van der Waals surface area contributed by atoms with E-state index in [1.165, 1.54) is 12.1 Å². The van der Waals surface area contributed by atoms with Crippen LogP contribution in [0.4, 0.5) is 13.2 Å². The predicted molar refractivity (Wildman–Crippen MR) is 82.2 cm³/mol. The Morgan fingerprint density at radius 2 is 1.83 bits per heavy atom. The summed E-state index contributed by atoms with van der Waals surface area (Å²) in [5.74, 6) is -0.0234. The summed E-state index contributed by atoms with van der Waals surface area (Å²) in [7, 11) is 0. The fourth-order valence-electron chi connectivity index (χ4n) is 3.16. The summed E-state index contributed by atoms with van der Waals surface area (Å²) in [6.07, 6.45) is -0.744. The molecule has 0 aliphatic heterocycles. The van der Waals surface area contributed by atoms with Gasteiger partial charge in [0.2, 0.25) is 0 Å². The van der Waals surface area contributed by atoms with E-state index in [0.29, 0.717) is 6.42 Å². The molecule has 0 spiro atoms. The van der Waals surface area contributed by atoms with Gasteiger partial charge in [0.05, 0.1) is 12.2 Å². The van der Waals surface area contributed by atoms with E-state index in [9.17, 15) is 13.2 Å². The number of rotatable bonds is 5. The van der Waals surface area contributed by atoms with Crippen LogP contribution in [0.2, 0.25) is 0 Å². The Hall–Kier alpha value is -1.27. The second-order valence-corrected chi connectivity index (χ2v) is 6.38. The molecular formula is C17H24F3NO2. The van der Waals surface area contributed by atoms with Crippen LogP contribution in [0.5, 0.6) is 5.75 Å². The number of benzene rings is 1. The van der Waals surface area contributed by atoms with Crippen molar-refractivity contribution in [2.45, 2.75) is 64.1 Å². The van der Waals surface area contributed by atoms with Crippen LogP contribution in [0, 0.1) is 5.92 Å². The topological polar surface area (TPSA) is 44.5 Å². The van der Waals surface area contributed by atoms with Gasteiger partial charge < -0.3 is 15.2 Å². The molecule has 3 unspecified atom stereocenters. The monoisotopic (exact) mass is 331 g/mol. The second-order valence-electron chi connectivity index (χ2n) is 6.38. The van der Waals surface area contributed by atoms with Gasteiger partial charge in [-0.25, -0.2) is 0 Å². The van der Waals surface area contributed by atoms with Gasteiger partial charge in [0.25, 0.3) is 0 Å². The molecule has 130 valence electrons. The Morgan fingerprint density at radius 1 is 1.17 bits per heavy atom. The lowest BCUT2D eigenvalue weighted by molar-refractivity contribution is -0.274. The highest BCUT2D eigenvalue weighted by molar-refractivity contribution is 5.28. The van der Waals surface area contributed by atoms with E-state index >= 15 is 0 Å². The number of hydrogen-bond donors (Lipinski definition) is 1. The molecule has 2 N–H and O–H groups in total. The summed E-state index contributed by atoms with van der Waals surface area (Å²) < 4.78 is 46.4. The zero-order valence-electron chi connectivity index (χ0n) is 13.5. The van der Waals surface area contributed by atoms with Crippen LogP contribution in [0.3, 0.4) is 0 Å². The first kappa shape index (κ1) is 18.1. The van der Waals surface area contributed by atoms with Crippen molar-refractivity contribution in [3.05, 3.63) is 29.8 Å². The molecule has 1 aromatic carbocycles. The zero-order valence-corrected chi connectivity index (χ0v) is 13.5. The largest absolute Gasteiger partial charge is 0.573 e. The van der Waals surface area contributed by atoms with Gasteiger partial charge in [0.1, 0.15) is 5.75 Å². The van der Waals surface area contributed by atoms with Crippen LogP contribution in [0.1, 0.15) is 38.7 Å². The van der Waals surface area contributed by atoms with Crippen molar-refractivity contribution in [3.8, 4) is 5.75 Å². The zero-order chi connectivity index (χ0) is 17.0. The third-order valence-electron chi connectivity index (χ3n) is 4.13. The molecule has 1 aromatic rings. The van der Waals surface area contributed by atoms with E-state index < -0.39 is 6.36 Å². The summed E-state index contributed by atoms with van der Waals surface area (Å²) in [6.45, 7) is 4.00. The van der Waals surface area contributed by atoms with Gasteiger partial charge >= 0.3 is 6.36 Å². The molecule has 23 heavy (non-hydrogen) atoms. The van der Waals surface area contributed by atoms with Crippen molar-refractivity contribution in [2.75, 3.05) is 0 Å². The molecule has 1 aliphatic rings. The van der Waals surface area contributed by atoms with Crippen LogP contribution >= 0.6 is 0 Å². The molecule has 0 radical (unpaired) electrons. The van der Waals surface area contributed by atoms with Gasteiger partial charge in [0.15, 0.2) is 0 Å². The molecule has 0 bridgehead atoms. The molecule has 6 heteroatoms. The average molecular weight is 331 g/mol. The molecule has 0 aromatic heterocycles. The van der Waals surface area contributed by atoms with Crippen LogP contribution in [0.15, 0.2) is 24.3 Å². The first-order chi connectivity index (χ1) is 10.7. The standard InChI is InChI=1S/C17H24F3NO2/c1-11(2)22-16-5-3-4-15(21)14(16)10-12-6-8-13(9-7-12)23-17(18,19)20/h6-9,11,14-16H,3-5,10,21H2,1-2H3. The predicted octanol–water partition coefficient (Wildman–Crippen LogP) is 4.05. The molecule has 3 nitrogen and oxygen atoms in total. The SMILES string of the molecule is CC(C)OC1CCCC(N)C1Cc1ccc(OC(F)(F)F)cc1. The maximum absolute atomic E-state index is 12.2. The number of nitrogens with two attached hydrogens (primary N) is 1.